The molecule has 1 aromatic rings. The van der Waals surface area contributed by atoms with Gasteiger partial charge in [0.25, 0.3) is 0 Å². The Balaban J connectivity index is 1.58. The van der Waals surface area contributed by atoms with Gasteiger partial charge in [-0.3, -0.25) is 4.79 Å². The molecule has 108 valence electrons. The molecule has 1 N–H and O–H groups in total. The van der Waals surface area contributed by atoms with E-state index in [9.17, 15) is 4.79 Å². The molecule has 5 nitrogen and oxygen atoms in total. The highest BCUT2D eigenvalue weighted by Crippen LogP contribution is 2.29. The number of ether oxygens (including phenoxy) is 1. The van der Waals surface area contributed by atoms with E-state index in [1.807, 2.05) is 12.1 Å². The van der Waals surface area contributed by atoms with Crippen LogP contribution in [0.4, 0.5) is 5.82 Å². The molecule has 1 aromatic heterocycles. The molecule has 0 spiro atoms. The average molecular weight is 275 g/mol. The summed E-state index contributed by atoms with van der Waals surface area (Å²) in [4.78, 5) is 18.7. The van der Waals surface area contributed by atoms with Crippen LogP contribution in [0.2, 0.25) is 0 Å². The summed E-state index contributed by atoms with van der Waals surface area (Å²) in [6, 6.07) is 4.25. The summed E-state index contributed by atoms with van der Waals surface area (Å²) in [6.07, 6.45) is 5.85. The molecule has 1 amide bonds. The van der Waals surface area contributed by atoms with Crippen LogP contribution in [0, 0.1) is 5.92 Å². The zero-order valence-corrected chi connectivity index (χ0v) is 11.8. The van der Waals surface area contributed by atoms with E-state index in [1.165, 1.54) is 0 Å². The number of rotatable bonds is 4. The second kappa shape index (κ2) is 5.69. The van der Waals surface area contributed by atoms with E-state index >= 15 is 0 Å². The zero-order valence-electron chi connectivity index (χ0n) is 11.8. The Morgan fingerprint density at radius 1 is 1.35 bits per heavy atom. The van der Waals surface area contributed by atoms with Crippen molar-refractivity contribution in [3.63, 3.8) is 0 Å². The quantitative estimate of drug-likeness (QED) is 0.906. The van der Waals surface area contributed by atoms with Crippen LogP contribution in [-0.2, 0) is 4.79 Å². The summed E-state index contributed by atoms with van der Waals surface area (Å²) in [5.41, 5.74) is 0. The van der Waals surface area contributed by atoms with Gasteiger partial charge in [0.05, 0.1) is 7.11 Å². The number of hydrogen-bond donors (Lipinski definition) is 1. The SMILES string of the molecule is COc1cccnc1N1CCC(C(=O)NC2CC2)CC1. The van der Waals surface area contributed by atoms with Gasteiger partial charge in [0.15, 0.2) is 11.6 Å². The standard InChI is InChI=1S/C15H21N3O2/c1-20-13-3-2-8-16-14(13)18-9-6-11(7-10-18)15(19)17-12-4-5-12/h2-3,8,11-12H,4-7,9-10H2,1H3,(H,17,19). The number of piperidine rings is 1. The summed E-state index contributed by atoms with van der Waals surface area (Å²) in [5.74, 6) is 2.08. The van der Waals surface area contributed by atoms with Gasteiger partial charge in [0.2, 0.25) is 5.91 Å². The van der Waals surface area contributed by atoms with Crippen LogP contribution in [0.5, 0.6) is 5.75 Å². The summed E-state index contributed by atoms with van der Waals surface area (Å²) < 4.78 is 5.35. The molecule has 2 fully saturated rings. The van der Waals surface area contributed by atoms with Gasteiger partial charge in [0.1, 0.15) is 0 Å². The number of nitrogens with zero attached hydrogens (tertiary/aromatic N) is 2. The third kappa shape index (κ3) is 2.86. The first-order valence-corrected chi connectivity index (χ1v) is 7.32. The van der Waals surface area contributed by atoms with Crippen LogP contribution in [0.1, 0.15) is 25.7 Å². The summed E-state index contributed by atoms with van der Waals surface area (Å²) in [5, 5.41) is 3.10. The maximum Gasteiger partial charge on any atom is 0.223 e. The van der Waals surface area contributed by atoms with Crippen LogP contribution in [-0.4, -0.2) is 37.1 Å². The van der Waals surface area contributed by atoms with Crippen molar-refractivity contribution >= 4 is 11.7 Å². The van der Waals surface area contributed by atoms with Crippen molar-refractivity contribution in [2.24, 2.45) is 5.92 Å². The minimum Gasteiger partial charge on any atom is -0.493 e. The summed E-state index contributed by atoms with van der Waals surface area (Å²) in [6.45, 7) is 1.71. The number of aromatic nitrogens is 1. The lowest BCUT2D eigenvalue weighted by Gasteiger charge is -2.32. The van der Waals surface area contributed by atoms with E-state index in [0.717, 1.165) is 50.3 Å². The van der Waals surface area contributed by atoms with Crippen LogP contribution in [0.15, 0.2) is 18.3 Å². The minimum absolute atomic E-state index is 0.154. The predicted octanol–water partition coefficient (Wildman–Crippen LogP) is 1.59. The molecule has 0 unspecified atom stereocenters. The van der Waals surface area contributed by atoms with E-state index in [-0.39, 0.29) is 11.8 Å². The Labute approximate surface area is 119 Å². The Bertz CT molecular complexity index is 480. The number of hydrogen-bond acceptors (Lipinski definition) is 4. The van der Waals surface area contributed by atoms with Gasteiger partial charge in [-0.15, -0.1) is 0 Å². The average Bonchev–Trinajstić information content (AvgIpc) is 3.31. The lowest BCUT2D eigenvalue weighted by molar-refractivity contribution is -0.125. The molecule has 1 saturated carbocycles. The van der Waals surface area contributed by atoms with E-state index in [0.29, 0.717) is 6.04 Å². The van der Waals surface area contributed by atoms with Gasteiger partial charge in [0, 0.05) is 31.2 Å². The molecular weight excluding hydrogens is 254 g/mol. The third-order valence-corrected chi connectivity index (χ3v) is 4.06. The number of amides is 1. The Morgan fingerprint density at radius 3 is 2.75 bits per heavy atom. The van der Waals surface area contributed by atoms with Crippen molar-refractivity contribution in [3.8, 4) is 5.75 Å². The first kappa shape index (κ1) is 13.2. The molecule has 0 atom stereocenters. The van der Waals surface area contributed by atoms with Crippen molar-refractivity contribution in [2.45, 2.75) is 31.7 Å². The first-order valence-electron chi connectivity index (χ1n) is 7.32. The van der Waals surface area contributed by atoms with Gasteiger partial charge in [-0.05, 0) is 37.8 Å². The van der Waals surface area contributed by atoms with E-state index < -0.39 is 0 Å². The number of anilines is 1. The molecule has 5 heteroatoms. The molecule has 1 aliphatic carbocycles. The lowest BCUT2D eigenvalue weighted by Crippen LogP contribution is -2.41. The number of pyridine rings is 1. The van der Waals surface area contributed by atoms with Gasteiger partial charge < -0.3 is 15.0 Å². The second-order valence-corrected chi connectivity index (χ2v) is 5.57. The summed E-state index contributed by atoms with van der Waals surface area (Å²) in [7, 11) is 1.66. The third-order valence-electron chi connectivity index (χ3n) is 4.06. The maximum atomic E-state index is 12.0. The highest BCUT2D eigenvalue weighted by atomic mass is 16.5. The Kier molecular flexibility index (Phi) is 3.76. The van der Waals surface area contributed by atoms with Gasteiger partial charge in [-0.25, -0.2) is 4.98 Å². The number of nitrogens with one attached hydrogen (secondary N) is 1. The second-order valence-electron chi connectivity index (χ2n) is 5.57. The first-order chi connectivity index (χ1) is 9.78. The van der Waals surface area contributed by atoms with Crippen molar-refractivity contribution in [1.29, 1.82) is 0 Å². The van der Waals surface area contributed by atoms with Crippen molar-refractivity contribution < 1.29 is 9.53 Å². The van der Waals surface area contributed by atoms with E-state index in [1.54, 1.807) is 13.3 Å². The number of carbonyl (C=O) groups is 1. The molecule has 1 aliphatic heterocycles. The molecule has 0 aromatic carbocycles. The Hall–Kier alpha value is -1.78. The normalized spacial score (nSPS) is 19.8. The van der Waals surface area contributed by atoms with E-state index in [2.05, 4.69) is 15.2 Å². The lowest BCUT2D eigenvalue weighted by atomic mass is 9.96. The maximum absolute atomic E-state index is 12.0. The fraction of sp³-hybridized carbons (Fsp3) is 0.600. The molecule has 1 saturated heterocycles. The topological polar surface area (TPSA) is 54.5 Å². The molecule has 2 heterocycles. The fourth-order valence-electron chi connectivity index (χ4n) is 2.68. The highest BCUT2D eigenvalue weighted by molar-refractivity contribution is 5.79. The predicted molar refractivity (Wildman–Crippen MR) is 76.9 cm³/mol. The molecule has 0 radical (unpaired) electrons. The highest BCUT2D eigenvalue weighted by Gasteiger charge is 2.30. The van der Waals surface area contributed by atoms with Crippen LogP contribution in [0.25, 0.3) is 0 Å². The Morgan fingerprint density at radius 2 is 2.10 bits per heavy atom. The molecule has 20 heavy (non-hydrogen) atoms. The van der Waals surface area contributed by atoms with Gasteiger partial charge in [-0.1, -0.05) is 0 Å². The van der Waals surface area contributed by atoms with Crippen LogP contribution >= 0.6 is 0 Å². The van der Waals surface area contributed by atoms with Crippen molar-refractivity contribution in [1.82, 2.24) is 10.3 Å². The van der Waals surface area contributed by atoms with E-state index in [4.69, 9.17) is 4.74 Å². The smallest absolute Gasteiger partial charge is 0.223 e. The van der Waals surface area contributed by atoms with Crippen LogP contribution in [0.3, 0.4) is 0 Å². The molecule has 0 bridgehead atoms. The van der Waals surface area contributed by atoms with Crippen LogP contribution < -0.4 is 15.0 Å². The fourth-order valence-corrected chi connectivity index (χ4v) is 2.68. The summed E-state index contributed by atoms with van der Waals surface area (Å²) >= 11 is 0. The molecule has 3 rings (SSSR count). The molecular formula is C15H21N3O2. The van der Waals surface area contributed by atoms with Gasteiger partial charge >= 0.3 is 0 Å². The number of carbonyl (C=O) groups excluding carboxylic acids is 1. The minimum atomic E-state index is 0.154. The van der Waals surface area contributed by atoms with Crippen molar-refractivity contribution in [3.05, 3.63) is 18.3 Å². The largest absolute Gasteiger partial charge is 0.493 e. The molecule has 2 aliphatic rings. The van der Waals surface area contributed by atoms with Gasteiger partial charge in [-0.2, -0.15) is 0 Å². The van der Waals surface area contributed by atoms with Crippen molar-refractivity contribution in [2.75, 3.05) is 25.1 Å². The zero-order chi connectivity index (χ0) is 13.9. The number of methoxy groups -OCH3 is 1. The monoisotopic (exact) mass is 275 g/mol.